The van der Waals surface area contributed by atoms with Gasteiger partial charge >= 0.3 is 0 Å². The molecule has 144 valence electrons. The number of hydrogen-bond acceptors (Lipinski definition) is 2. The van der Waals surface area contributed by atoms with Gasteiger partial charge in [-0.25, -0.2) is 0 Å². The molecule has 0 atom stereocenters. The van der Waals surface area contributed by atoms with Crippen LogP contribution in [0.15, 0.2) is 0 Å². The summed E-state index contributed by atoms with van der Waals surface area (Å²) < 4.78 is 5.80. The van der Waals surface area contributed by atoms with Crippen LogP contribution in [0.3, 0.4) is 0 Å². The van der Waals surface area contributed by atoms with Crippen molar-refractivity contribution in [3.8, 4) is 0 Å². The zero-order chi connectivity index (χ0) is 18.1. The SMILES string of the molecule is CC.CCCCC1(CCCOCCCCCC(C)=O)CCCCC1. The van der Waals surface area contributed by atoms with Gasteiger partial charge in [-0.2, -0.15) is 0 Å². The minimum atomic E-state index is 0.311. The minimum Gasteiger partial charge on any atom is -0.381 e. The summed E-state index contributed by atoms with van der Waals surface area (Å²) in [6.07, 6.45) is 18.0. The number of ketones is 1. The van der Waals surface area contributed by atoms with Crippen LogP contribution in [0.4, 0.5) is 0 Å². The molecule has 1 aliphatic carbocycles. The molecule has 24 heavy (non-hydrogen) atoms. The number of hydrogen-bond donors (Lipinski definition) is 0. The fourth-order valence-electron chi connectivity index (χ4n) is 3.88. The molecule has 0 aliphatic heterocycles. The summed E-state index contributed by atoms with van der Waals surface area (Å²) in [4.78, 5) is 10.8. The zero-order valence-corrected chi connectivity index (χ0v) is 17.1. The number of rotatable bonds is 13. The van der Waals surface area contributed by atoms with Crippen molar-refractivity contribution in [1.82, 2.24) is 0 Å². The highest BCUT2D eigenvalue weighted by Gasteiger charge is 2.30. The normalized spacial score (nSPS) is 16.3. The first-order chi connectivity index (χ1) is 11.7. The van der Waals surface area contributed by atoms with Gasteiger partial charge in [-0.3, -0.25) is 0 Å². The third-order valence-electron chi connectivity index (χ3n) is 5.29. The fraction of sp³-hybridized carbons (Fsp3) is 0.955. The maximum absolute atomic E-state index is 10.8. The maximum Gasteiger partial charge on any atom is 0.129 e. The summed E-state index contributed by atoms with van der Waals surface area (Å²) in [5.41, 5.74) is 0.652. The van der Waals surface area contributed by atoms with Crippen molar-refractivity contribution < 1.29 is 9.53 Å². The monoisotopic (exact) mass is 340 g/mol. The molecule has 0 heterocycles. The largest absolute Gasteiger partial charge is 0.381 e. The standard InChI is InChI=1S/C20H38O2.C2H6/c1-3-4-13-20(14-8-6-9-15-20)16-11-18-22-17-10-5-7-12-19(2)21;1-2/h3-18H2,1-2H3;1-2H3. The summed E-state index contributed by atoms with van der Waals surface area (Å²) in [7, 11) is 0. The summed E-state index contributed by atoms with van der Waals surface area (Å²) in [5, 5.41) is 0. The zero-order valence-electron chi connectivity index (χ0n) is 17.1. The average molecular weight is 341 g/mol. The molecule has 0 bridgehead atoms. The van der Waals surface area contributed by atoms with E-state index in [1.807, 2.05) is 13.8 Å². The van der Waals surface area contributed by atoms with E-state index < -0.39 is 0 Å². The van der Waals surface area contributed by atoms with Gasteiger partial charge in [0.1, 0.15) is 5.78 Å². The summed E-state index contributed by atoms with van der Waals surface area (Å²) in [6, 6.07) is 0. The van der Waals surface area contributed by atoms with Crippen LogP contribution in [0.1, 0.15) is 118 Å². The van der Waals surface area contributed by atoms with Gasteiger partial charge in [0.2, 0.25) is 0 Å². The van der Waals surface area contributed by atoms with Crippen LogP contribution < -0.4 is 0 Å². The van der Waals surface area contributed by atoms with Crippen LogP contribution in [0.5, 0.6) is 0 Å². The number of carbonyl (C=O) groups is 1. The van der Waals surface area contributed by atoms with Crippen LogP contribution in [-0.4, -0.2) is 19.0 Å². The molecule has 0 amide bonds. The molecule has 0 radical (unpaired) electrons. The van der Waals surface area contributed by atoms with Gasteiger partial charge in [0.05, 0.1) is 0 Å². The summed E-state index contributed by atoms with van der Waals surface area (Å²) in [6.45, 7) is 9.79. The second-order valence-corrected chi connectivity index (χ2v) is 7.39. The van der Waals surface area contributed by atoms with E-state index in [0.29, 0.717) is 11.2 Å². The third-order valence-corrected chi connectivity index (χ3v) is 5.29. The van der Waals surface area contributed by atoms with Crippen molar-refractivity contribution in [2.24, 2.45) is 5.41 Å². The fourth-order valence-corrected chi connectivity index (χ4v) is 3.88. The van der Waals surface area contributed by atoms with E-state index in [0.717, 1.165) is 38.9 Å². The highest BCUT2D eigenvalue weighted by molar-refractivity contribution is 5.75. The van der Waals surface area contributed by atoms with Gasteiger partial charge in [-0.05, 0) is 57.3 Å². The topological polar surface area (TPSA) is 26.3 Å². The minimum absolute atomic E-state index is 0.311. The van der Waals surface area contributed by atoms with E-state index in [1.54, 1.807) is 6.92 Å². The second-order valence-electron chi connectivity index (χ2n) is 7.39. The Kier molecular flexibility index (Phi) is 15.9. The lowest BCUT2D eigenvalue weighted by molar-refractivity contribution is -0.117. The van der Waals surface area contributed by atoms with E-state index in [-0.39, 0.29) is 0 Å². The Morgan fingerprint density at radius 1 is 0.875 bits per heavy atom. The van der Waals surface area contributed by atoms with Crippen LogP contribution in [0, 0.1) is 5.41 Å². The first-order valence-corrected chi connectivity index (χ1v) is 10.8. The van der Waals surface area contributed by atoms with Crippen LogP contribution >= 0.6 is 0 Å². The van der Waals surface area contributed by atoms with Crippen molar-refractivity contribution in [3.05, 3.63) is 0 Å². The third kappa shape index (κ3) is 12.1. The summed E-state index contributed by atoms with van der Waals surface area (Å²) >= 11 is 0. The van der Waals surface area contributed by atoms with Crippen molar-refractivity contribution in [3.63, 3.8) is 0 Å². The molecule has 0 spiro atoms. The van der Waals surface area contributed by atoms with Crippen LogP contribution in [-0.2, 0) is 9.53 Å². The summed E-state index contributed by atoms with van der Waals surface area (Å²) in [5.74, 6) is 0.311. The van der Waals surface area contributed by atoms with Gasteiger partial charge < -0.3 is 9.53 Å². The van der Waals surface area contributed by atoms with Crippen molar-refractivity contribution in [2.75, 3.05) is 13.2 Å². The maximum atomic E-state index is 10.8. The van der Waals surface area contributed by atoms with Crippen LogP contribution in [0.25, 0.3) is 0 Å². The lowest BCUT2D eigenvalue weighted by Crippen LogP contribution is -2.24. The lowest BCUT2D eigenvalue weighted by Gasteiger charge is -2.37. The van der Waals surface area contributed by atoms with Gasteiger partial charge in [-0.15, -0.1) is 0 Å². The first kappa shape index (κ1) is 23.6. The number of ether oxygens (including phenoxy) is 1. The Morgan fingerprint density at radius 2 is 1.50 bits per heavy atom. The van der Waals surface area contributed by atoms with Gasteiger partial charge in [0.15, 0.2) is 0 Å². The Hall–Kier alpha value is -0.370. The van der Waals surface area contributed by atoms with Crippen molar-refractivity contribution >= 4 is 5.78 Å². The van der Waals surface area contributed by atoms with Crippen molar-refractivity contribution in [1.29, 1.82) is 0 Å². The Labute approximate surface area is 152 Å². The molecular weight excluding hydrogens is 296 g/mol. The molecule has 0 aromatic heterocycles. The molecule has 2 heteroatoms. The molecular formula is C22H44O2. The van der Waals surface area contributed by atoms with Crippen LogP contribution in [0.2, 0.25) is 0 Å². The molecule has 0 unspecified atom stereocenters. The predicted molar refractivity (Wildman–Crippen MR) is 106 cm³/mol. The molecule has 0 saturated heterocycles. The molecule has 1 saturated carbocycles. The Balaban J connectivity index is 0.00000254. The van der Waals surface area contributed by atoms with E-state index in [9.17, 15) is 4.79 Å². The average Bonchev–Trinajstić information content (AvgIpc) is 2.61. The molecule has 0 aromatic carbocycles. The highest BCUT2D eigenvalue weighted by atomic mass is 16.5. The van der Waals surface area contributed by atoms with E-state index in [1.165, 1.54) is 64.2 Å². The van der Waals surface area contributed by atoms with Gasteiger partial charge in [0, 0.05) is 19.6 Å². The quantitative estimate of drug-likeness (QED) is 0.334. The van der Waals surface area contributed by atoms with Gasteiger partial charge in [0.25, 0.3) is 0 Å². The predicted octanol–water partition coefficient (Wildman–Crippen LogP) is 7.10. The highest BCUT2D eigenvalue weighted by Crippen LogP contribution is 2.44. The molecule has 1 rings (SSSR count). The van der Waals surface area contributed by atoms with Crippen molar-refractivity contribution in [2.45, 2.75) is 118 Å². The molecule has 1 aliphatic rings. The number of Topliss-reactive ketones (excluding diaryl/α,β-unsaturated/α-hetero) is 1. The smallest absolute Gasteiger partial charge is 0.129 e. The van der Waals surface area contributed by atoms with Gasteiger partial charge in [-0.1, -0.05) is 59.3 Å². The molecule has 0 aromatic rings. The molecule has 1 fully saturated rings. The number of unbranched alkanes of at least 4 members (excludes halogenated alkanes) is 3. The second kappa shape index (κ2) is 16.1. The molecule has 2 nitrogen and oxygen atoms in total. The first-order valence-electron chi connectivity index (χ1n) is 10.8. The van der Waals surface area contributed by atoms with E-state index in [2.05, 4.69) is 6.92 Å². The van der Waals surface area contributed by atoms with E-state index in [4.69, 9.17) is 4.74 Å². The Bertz CT molecular complexity index is 280. The molecule has 0 N–H and O–H groups in total. The Morgan fingerprint density at radius 3 is 2.12 bits per heavy atom. The number of carbonyl (C=O) groups excluding carboxylic acids is 1. The van der Waals surface area contributed by atoms with E-state index >= 15 is 0 Å². The lowest BCUT2D eigenvalue weighted by atomic mass is 9.68.